The van der Waals surface area contributed by atoms with Crippen LogP contribution in [0.4, 0.5) is 0 Å². The molecule has 184 valence electrons. The number of benzene rings is 2. The summed E-state index contributed by atoms with van der Waals surface area (Å²) >= 11 is 0. The lowest BCUT2D eigenvalue weighted by molar-refractivity contribution is -0.149. The topological polar surface area (TPSA) is 122 Å². The van der Waals surface area contributed by atoms with Crippen LogP contribution in [0.15, 0.2) is 65.8 Å². The number of carbonyl (C=O) groups excluding carboxylic acids is 3. The lowest BCUT2D eigenvalue weighted by Crippen LogP contribution is -2.43. The maximum atomic E-state index is 13.0. The monoisotopic (exact) mass is 497 g/mol. The highest BCUT2D eigenvalue weighted by Gasteiger charge is 2.38. The summed E-state index contributed by atoms with van der Waals surface area (Å²) < 4.78 is 29.0. The van der Waals surface area contributed by atoms with Gasteiger partial charge in [-0.3, -0.25) is 9.59 Å². The predicted octanol–water partition coefficient (Wildman–Crippen LogP) is 1.99. The first-order valence-electron chi connectivity index (χ1n) is 11.4. The average molecular weight is 498 g/mol. The standard InChI is InChI=1S/C25H27N3O6S/c1-17(24(30)26-23(18-8-4-2-5-9-18)19-10-6-3-7-11-19)34-25(31)21-12-13-22(29)28(27-21)20-14-15-35(32,33)16-20/h2-11,17,20,23H,12-16H2,1H3,(H,26,30)/t17-,20-/m0/s1. The van der Waals surface area contributed by atoms with Gasteiger partial charge in [0.05, 0.1) is 23.6 Å². The van der Waals surface area contributed by atoms with E-state index in [-0.39, 0.29) is 42.4 Å². The molecule has 2 heterocycles. The fraction of sp³-hybridized carbons (Fsp3) is 0.360. The minimum atomic E-state index is -3.23. The highest BCUT2D eigenvalue weighted by atomic mass is 32.2. The Bertz CT molecular complexity index is 1190. The highest BCUT2D eigenvalue weighted by Crippen LogP contribution is 2.24. The van der Waals surface area contributed by atoms with Crippen molar-refractivity contribution in [3.05, 3.63) is 71.8 Å². The zero-order valence-corrected chi connectivity index (χ0v) is 20.1. The molecule has 1 saturated heterocycles. The first-order chi connectivity index (χ1) is 16.7. The van der Waals surface area contributed by atoms with E-state index in [1.54, 1.807) is 0 Å². The summed E-state index contributed by atoms with van der Waals surface area (Å²) in [6, 6.07) is 17.9. The van der Waals surface area contributed by atoms with Crippen molar-refractivity contribution in [2.24, 2.45) is 5.10 Å². The van der Waals surface area contributed by atoms with E-state index < -0.39 is 39.9 Å². The molecule has 10 heteroatoms. The van der Waals surface area contributed by atoms with Crippen LogP contribution < -0.4 is 5.32 Å². The molecule has 0 radical (unpaired) electrons. The molecule has 0 spiro atoms. The number of nitrogens with zero attached hydrogens (tertiary/aromatic N) is 2. The molecule has 2 amide bonds. The summed E-state index contributed by atoms with van der Waals surface area (Å²) in [4.78, 5) is 38.0. The second-order valence-electron chi connectivity index (χ2n) is 8.65. The molecule has 2 aliphatic heterocycles. The summed E-state index contributed by atoms with van der Waals surface area (Å²) in [7, 11) is -3.23. The van der Waals surface area contributed by atoms with Crippen LogP contribution in [0.25, 0.3) is 0 Å². The normalized spacial score (nSPS) is 20.3. The minimum Gasteiger partial charge on any atom is -0.448 e. The van der Waals surface area contributed by atoms with Gasteiger partial charge in [-0.1, -0.05) is 60.7 Å². The van der Waals surface area contributed by atoms with Gasteiger partial charge in [0.15, 0.2) is 15.9 Å². The van der Waals surface area contributed by atoms with Gasteiger partial charge in [-0.25, -0.2) is 18.2 Å². The average Bonchev–Trinajstić information content (AvgIpc) is 3.22. The Balaban J connectivity index is 1.44. The molecule has 1 fully saturated rings. The van der Waals surface area contributed by atoms with E-state index in [1.807, 2.05) is 60.7 Å². The zero-order valence-electron chi connectivity index (χ0n) is 19.3. The molecular formula is C25H27N3O6S. The Morgan fingerprint density at radius 3 is 2.17 bits per heavy atom. The zero-order chi connectivity index (χ0) is 25.0. The Hall–Kier alpha value is -3.53. The van der Waals surface area contributed by atoms with Crippen LogP contribution in [-0.2, 0) is 29.0 Å². The highest BCUT2D eigenvalue weighted by molar-refractivity contribution is 7.91. The van der Waals surface area contributed by atoms with Gasteiger partial charge in [0, 0.05) is 12.8 Å². The second kappa shape index (κ2) is 10.4. The Kier molecular flexibility index (Phi) is 7.30. The fourth-order valence-corrected chi connectivity index (χ4v) is 5.86. The predicted molar refractivity (Wildman–Crippen MR) is 129 cm³/mol. The van der Waals surface area contributed by atoms with Crippen molar-refractivity contribution in [1.82, 2.24) is 10.3 Å². The second-order valence-corrected chi connectivity index (χ2v) is 10.9. The van der Waals surface area contributed by atoms with Crippen LogP contribution in [0.2, 0.25) is 0 Å². The third kappa shape index (κ3) is 5.94. The smallest absolute Gasteiger partial charge is 0.355 e. The molecule has 2 atom stereocenters. The van der Waals surface area contributed by atoms with Gasteiger partial charge in [-0.15, -0.1) is 0 Å². The summed E-state index contributed by atoms with van der Waals surface area (Å²) in [6.07, 6.45) is -0.745. The van der Waals surface area contributed by atoms with Crippen molar-refractivity contribution in [1.29, 1.82) is 0 Å². The molecule has 0 bridgehead atoms. The van der Waals surface area contributed by atoms with Crippen LogP contribution >= 0.6 is 0 Å². The molecule has 0 unspecified atom stereocenters. The van der Waals surface area contributed by atoms with E-state index in [0.717, 1.165) is 16.1 Å². The molecule has 2 aromatic carbocycles. The summed E-state index contributed by atoms with van der Waals surface area (Å²) in [5.41, 5.74) is 1.75. The van der Waals surface area contributed by atoms with Gasteiger partial charge in [-0.05, 0) is 24.5 Å². The number of amides is 2. The largest absolute Gasteiger partial charge is 0.448 e. The Labute approximate surface area is 204 Å². The van der Waals surface area contributed by atoms with Crippen molar-refractivity contribution in [2.45, 2.75) is 44.4 Å². The van der Waals surface area contributed by atoms with Gasteiger partial charge in [0.25, 0.3) is 5.91 Å². The number of sulfone groups is 1. The minimum absolute atomic E-state index is 0.00350. The quantitative estimate of drug-likeness (QED) is 0.584. The molecule has 1 N–H and O–H groups in total. The van der Waals surface area contributed by atoms with Gasteiger partial charge >= 0.3 is 5.97 Å². The van der Waals surface area contributed by atoms with Crippen LogP contribution in [0.5, 0.6) is 0 Å². The third-order valence-corrected chi connectivity index (χ3v) is 7.81. The Morgan fingerprint density at radius 1 is 1.03 bits per heavy atom. The lowest BCUT2D eigenvalue weighted by Gasteiger charge is -2.27. The van der Waals surface area contributed by atoms with Gasteiger partial charge in [0.2, 0.25) is 5.91 Å². The van der Waals surface area contributed by atoms with Crippen LogP contribution in [-0.4, -0.2) is 60.6 Å². The molecule has 9 nitrogen and oxygen atoms in total. The van der Waals surface area contributed by atoms with Crippen molar-refractivity contribution < 1.29 is 27.5 Å². The first-order valence-corrected chi connectivity index (χ1v) is 13.3. The molecule has 2 aromatic rings. The van der Waals surface area contributed by atoms with Crippen LogP contribution in [0.3, 0.4) is 0 Å². The molecule has 0 saturated carbocycles. The van der Waals surface area contributed by atoms with Crippen LogP contribution in [0.1, 0.15) is 43.4 Å². The van der Waals surface area contributed by atoms with Crippen molar-refractivity contribution in [2.75, 3.05) is 11.5 Å². The molecule has 35 heavy (non-hydrogen) atoms. The molecule has 2 aliphatic rings. The van der Waals surface area contributed by atoms with E-state index in [0.29, 0.717) is 0 Å². The lowest BCUT2D eigenvalue weighted by atomic mass is 9.98. The number of rotatable bonds is 7. The SMILES string of the molecule is C[C@H](OC(=O)C1=NN([C@H]2CCS(=O)(=O)C2)C(=O)CC1)C(=O)NC(c1ccccc1)c1ccccc1. The van der Waals surface area contributed by atoms with Gasteiger partial charge in [-0.2, -0.15) is 5.10 Å². The molecule has 4 rings (SSSR count). The number of nitrogens with one attached hydrogen (secondary N) is 1. The number of carbonyl (C=O) groups is 3. The number of hydrazone groups is 1. The molecule has 0 aliphatic carbocycles. The van der Waals surface area contributed by atoms with E-state index in [1.165, 1.54) is 6.92 Å². The van der Waals surface area contributed by atoms with E-state index in [2.05, 4.69) is 10.4 Å². The number of esters is 1. The summed E-state index contributed by atoms with van der Waals surface area (Å²) in [5.74, 6) is -1.81. The summed E-state index contributed by atoms with van der Waals surface area (Å²) in [5, 5.41) is 8.14. The van der Waals surface area contributed by atoms with E-state index >= 15 is 0 Å². The first kappa shape index (κ1) is 24.6. The molecular weight excluding hydrogens is 470 g/mol. The molecule has 0 aromatic heterocycles. The van der Waals surface area contributed by atoms with Crippen LogP contribution in [0, 0.1) is 0 Å². The number of hydrogen-bond acceptors (Lipinski definition) is 7. The van der Waals surface area contributed by atoms with Crippen molar-refractivity contribution in [3.63, 3.8) is 0 Å². The van der Waals surface area contributed by atoms with E-state index in [9.17, 15) is 22.8 Å². The van der Waals surface area contributed by atoms with E-state index in [4.69, 9.17) is 4.74 Å². The maximum absolute atomic E-state index is 13.0. The van der Waals surface area contributed by atoms with Crippen molar-refractivity contribution in [3.8, 4) is 0 Å². The number of hydrogen-bond donors (Lipinski definition) is 1. The Morgan fingerprint density at radius 2 is 1.63 bits per heavy atom. The third-order valence-electron chi connectivity index (χ3n) is 6.05. The maximum Gasteiger partial charge on any atom is 0.355 e. The fourth-order valence-electron chi connectivity index (χ4n) is 4.16. The van der Waals surface area contributed by atoms with Gasteiger partial charge < -0.3 is 10.1 Å². The number of ether oxygens (including phenoxy) is 1. The van der Waals surface area contributed by atoms with Gasteiger partial charge in [0.1, 0.15) is 5.71 Å². The van der Waals surface area contributed by atoms with Crippen molar-refractivity contribution >= 4 is 33.3 Å². The summed E-state index contributed by atoms with van der Waals surface area (Å²) in [6.45, 7) is 1.47.